The molecule has 64 valence electrons. The zero-order valence-electron chi connectivity index (χ0n) is 7.85. The van der Waals surface area contributed by atoms with E-state index in [4.69, 9.17) is 4.74 Å². The van der Waals surface area contributed by atoms with Gasteiger partial charge in [0.05, 0.1) is 0 Å². The average molecular weight is 162 g/mol. The minimum absolute atomic E-state index is 0.00384. The summed E-state index contributed by atoms with van der Waals surface area (Å²) in [5.74, 6) is 1.07. The molecule has 0 fully saturated rings. The lowest BCUT2D eigenvalue weighted by atomic mass is 10.0. The van der Waals surface area contributed by atoms with E-state index >= 15 is 0 Å². The van der Waals surface area contributed by atoms with Crippen LogP contribution in [0.25, 0.3) is 0 Å². The molecule has 2 rings (SSSR count). The minimum Gasteiger partial charge on any atom is -0.487 e. The molecule has 1 aliphatic rings. The maximum Gasteiger partial charge on any atom is 0.123 e. The lowest BCUT2D eigenvalue weighted by Gasteiger charge is -2.16. The van der Waals surface area contributed by atoms with Crippen LogP contribution in [0.5, 0.6) is 5.75 Å². The van der Waals surface area contributed by atoms with Crippen molar-refractivity contribution in [2.24, 2.45) is 0 Å². The van der Waals surface area contributed by atoms with E-state index in [1.165, 1.54) is 11.1 Å². The highest BCUT2D eigenvalue weighted by atomic mass is 16.5. The molecule has 0 saturated carbocycles. The van der Waals surface area contributed by atoms with Crippen molar-refractivity contribution in [2.75, 3.05) is 0 Å². The van der Waals surface area contributed by atoms with E-state index in [1.54, 1.807) is 0 Å². The third-order valence-corrected chi connectivity index (χ3v) is 2.23. The van der Waals surface area contributed by atoms with Crippen molar-refractivity contribution in [2.45, 2.75) is 32.8 Å². The molecule has 1 nitrogen and oxygen atoms in total. The summed E-state index contributed by atoms with van der Waals surface area (Å²) in [4.78, 5) is 0. The van der Waals surface area contributed by atoms with E-state index in [2.05, 4.69) is 39.0 Å². The summed E-state index contributed by atoms with van der Waals surface area (Å²) < 4.78 is 5.78. The van der Waals surface area contributed by atoms with Gasteiger partial charge >= 0.3 is 0 Å². The normalized spacial score (nSPS) is 18.6. The standard InChI is InChI=1S/C11H14O/c1-8-4-5-9-7-11(2,3)12-10(9)6-8/h4-6H,7H2,1-3H3. The summed E-state index contributed by atoms with van der Waals surface area (Å²) in [7, 11) is 0. The van der Waals surface area contributed by atoms with Crippen molar-refractivity contribution in [3.63, 3.8) is 0 Å². The summed E-state index contributed by atoms with van der Waals surface area (Å²) in [6.45, 7) is 6.35. The molecule has 0 bridgehead atoms. The molecule has 0 amide bonds. The molecule has 0 atom stereocenters. The Morgan fingerprint density at radius 3 is 2.83 bits per heavy atom. The van der Waals surface area contributed by atoms with Crippen molar-refractivity contribution >= 4 is 0 Å². The topological polar surface area (TPSA) is 9.23 Å². The van der Waals surface area contributed by atoms with Gasteiger partial charge in [-0.1, -0.05) is 12.1 Å². The second kappa shape index (κ2) is 2.25. The lowest BCUT2D eigenvalue weighted by molar-refractivity contribution is 0.138. The van der Waals surface area contributed by atoms with Gasteiger partial charge in [-0.25, -0.2) is 0 Å². The number of hydrogen-bond acceptors (Lipinski definition) is 1. The van der Waals surface area contributed by atoms with Gasteiger partial charge in [-0.05, 0) is 38.0 Å². The fourth-order valence-corrected chi connectivity index (χ4v) is 1.70. The van der Waals surface area contributed by atoms with Crippen LogP contribution in [0.3, 0.4) is 0 Å². The summed E-state index contributed by atoms with van der Waals surface area (Å²) >= 11 is 0. The van der Waals surface area contributed by atoms with Crippen LogP contribution in [-0.2, 0) is 6.42 Å². The van der Waals surface area contributed by atoms with Crippen LogP contribution in [0.4, 0.5) is 0 Å². The highest BCUT2D eigenvalue weighted by molar-refractivity contribution is 5.41. The fourth-order valence-electron chi connectivity index (χ4n) is 1.70. The predicted molar refractivity (Wildman–Crippen MR) is 49.6 cm³/mol. The Morgan fingerprint density at radius 1 is 1.33 bits per heavy atom. The van der Waals surface area contributed by atoms with Gasteiger partial charge in [0, 0.05) is 6.42 Å². The zero-order chi connectivity index (χ0) is 8.77. The Bertz CT molecular complexity index is 313. The number of aryl methyl sites for hydroxylation is 1. The third-order valence-electron chi connectivity index (χ3n) is 2.23. The van der Waals surface area contributed by atoms with E-state index in [0.717, 1.165) is 12.2 Å². The molecule has 1 heteroatoms. The van der Waals surface area contributed by atoms with Crippen LogP contribution in [0.1, 0.15) is 25.0 Å². The first-order valence-electron chi connectivity index (χ1n) is 4.35. The Labute approximate surface area is 73.4 Å². The van der Waals surface area contributed by atoms with E-state index < -0.39 is 0 Å². The van der Waals surface area contributed by atoms with Crippen LogP contribution in [0.15, 0.2) is 18.2 Å². The average Bonchev–Trinajstić information content (AvgIpc) is 2.21. The smallest absolute Gasteiger partial charge is 0.123 e. The van der Waals surface area contributed by atoms with Crippen molar-refractivity contribution in [1.29, 1.82) is 0 Å². The number of rotatable bonds is 0. The van der Waals surface area contributed by atoms with Crippen LogP contribution in [0, 0.1) is 6.92 Å². The van der Waals surface area contributed by atoms with Gasteiger partial charge in [0.2, 0.25) is 0 Å². The molecule has 1 aromatic carbocycles. The van der Waals surface area contributed by atoms with Gasteiger partial charge < -0.3 is 4.74 Å². The Balaban J connectivity index is 2.43. The van der Waals surface area contributed by atoms with Gasteiger partial charge in [0.15, 0.2) is 0 Å². The summed E-state index contributed by atoms with van der Waals surface area (Å²) in [6.07, 6.45) is 1.03. The van der Waals surface area contributed by atoms with Crippen molar-refractivity contribution in [3.05, 3.63) is 29.3 Å². The number of ether oxygens (including phenoxy) is 1. The highest BCUT2D eigenvalue weighted by Crippen LogP contribution is 2.34. The molecule has 0 spiro atoms. The van der Waals surface area contributed by atoms with Gasteiger partial charge in [0.25, 0.3) is 0 Å². The number of benzene rings is 1. The van der Waals surface area contributed by atoms with Crippen LogP contribution >= 0.6 is 0 Å². The molecule has 0 aromatic heterocycles. The van der Waals surface area contributed by atoms with E-state index in [9.17, 15) is 0 Å². The molecule has 0 saturated heterocycles. The molecule has 1 heterocycles. The molecule has 0 radical (unpaired) electrons. The van der Waals surface area contributed by atoms with Gasteiger partial charge in [0.1, 0.15) is 11.4 Å². The minimum atomic E-state index is -0.00384. The molecule has 12 heavy (non-hydrogen) atoms. The SMILES string of the molecule is Cc1ccc2c(c1)OC(C)(C)C2. The maximum atomic E-state index is 5.78. The molecular formula is C11H14O. The number of hydrogen-bond donors (Lipinski definition) is 0. The van der Waals surface area contributed by atoms with Crippen LogP contribution < -0.4 is 4.74 Å². The molecule has 1 aliphatic heterocycles. The zero-order valence-corrected chi connectivity index (χ0v) is 7.85. The first kappa shape index (κ1) is 7.66. The first-order chi connectivity index (χ1) is 5.57. The van der Waals surface area contributed by atoms with Crippen LogP contribution in [0.2, 0.25) is 0 Å². The molecule has 1 aromatic rings. The monoisotopic (exact) mass is 162 g/mol. The van der Waals surface area contributed by atoms with Gasteiger partial charge in [-0.3, -0.25) is 0 Å². The third kappa shape index (κ3) is 1.20. The number of fused-ring (bicyclic) bond motifs is 1. The second-order valence-electron chi connectivity index (χ2n) is 4.15. The Morgan fingerprint density at radius 2 is 2.08 bits per heavy atom. The summed E-state index contributed by atoms with van der Waals surface area (Å²) in [5.41, 5.74) is 2.60. The first-order valence-corrected chi connectivity index (χ1v) is 4.35. The van der Waals surface area contributed by atoms with Crippen molar-refractivity contribution in [3.8, 4) is 5.75 Å². The Kier molecular flexibility index (Phi) is 1.44. The van der Waals surface area contributed by atoms with Gasteiger partial charge in [-0.2, -0.15) is 0 Å². The van der Waals surface area contributed by atoms with Gasteiger partial charge in [-0.15, -0.1) is 0 Å². The van der Waals surface area contributed by atoms with Crippen molar-refractivity contribution < 1.29 is 4.74 Å². The molecular weight excluding hydrogens is 148 g/mol. The fraction of sp³-hybridized carbons (Fsp3) is 0.455. The van der Waals surface area contributed by atoms with Crippen molar-refractivity contribution in [1.82, 2.24) is 0 Å². The Hall–Kier alpha value is -0.980. The lowest BCUT2D eigenvalue weighted by Crippen LogP contribution is -2.24. The summed E-state index contributed by atoms with van der Waals surface area (Å²) in [5, 5.41) is 0. The quantitative estimate of drug-likeness (QED) is 0.570. The maximum absolute atomic E-state index is 5.78. The largest absolute Gasteiger partial charge is 0.487 e. The van der Waals surface area contributed by atoms with E-state index in [-0.39, 0.29) is 5.60 Å². The van der Waals surface area contributed by atoms with E-state index in [0.29, 0.717) is 0 Å². The van der Waals surface area contributed by atoms with E-state index in [1.807, 2.05) is 0 Å². The molecule has 0 unspecified atom stereocenters. The highest BCUT2D eigenvalue weighted by Gasteiger charge is 2.29. The van der Waals surface area contributed by atoms with Crippen LogP contribution in [-0.4, -0.2) is 5.60 Å². The molecule has 0 N–H and O–H groups in total. The predicted octanol–water partition coefficient (Wildman–Crippen LogP) is 2.71. The molecule has 0 aliphatic carbocycles. The second-order valence-corrected chi connectivity index (χ2v) is 4.15. The summed E-state index contributed by atoms with van der Waals surface area (Å²) in [6, 6.07) is 6.42.